The molecule has 132 heavy (non-hydrogen) atoms. The van der Waals surface area contributed by atoms with Crippen LogP contribution in [0.1, 0.15) is 193 Å². The van der Waals surface area contributed by atoms with Crippen LogP contribution in [0.5, 0.6) is 11.5 Å². The number of hydrogen-bond acceptors (Lipinski definition) is 14. The van der Waals surface area contributed by atoms with Gasteiger partial charge in [-0.25, -0.2) is 0 Å². The zero-order valence-electron chi connectivity index (χ0n) is 81.5. The van der Waals surface area contributed by atoms with Gasteiger partial charge in [0.05, 0.1) is 12.6 Å². The van der Waals surface area contributed by atoms with Crippen molar-refractivity contribution in [1.29, 1.82) is 0 Å². The fraction of sp³-hybridized carbons (Fsp3) is 0.500. The van der Waals surface area contributed by atoms with Crippen molar-refractivity contribution >= 4 is 28.5 Å². The minimum atomic E-state index is -0.214. The first kappa shape index (κ1) is 94.7. The van der Waals surface area contributed by atoms with Crippen LogP contribution in [-0.4, -0.2) is 249 Å². The Morgan fingerprint density at radius 3 is 1.70 bits per heavy atom. The van der Waals surface area contributed by atoms with Gasteiger partial charge in [-0.05, 0) is 360 Å². The number of benzene rings is 9. The highest BCUT2D eigenvalue weighted by Crippen LogP contribution is 2.49. The average Bonchev–Trinajstić information content (AvgIpc) is 1.48. The summed E-state index contributed by atoms with van der Waals surface area (Å²) in [7, 11) is 19.8. The van der Waals surface area contributed by atoms with E-state index < -0.39 is 0 Å². The predicted molar refractivity (Wildman–Crippen MR) is 547 cm³/mol. The van der Waals surface area contributed by atoms with Gasteiger partial charge in [0.25, 0.3) is 0 Å². The van der Waals surface area contributed by atoms with Crippen LogP contribution in [0.3, 0.4) is 0 Å². The molecule has 10 aromatic rings. The molecule has 0 bridgehead atoms. The van der Waals surface area contributed by atoms with Gasteiger partial charge in [0.1, 0.15) is 41.1 Å². The summed E-state index contributed by atoms with van der Waals surface area (Å²) in [5.74, 6) is 8.59. The molecule has 14 heteroatoms. The third-order valence-corrected chi connectivity index (χ3v) is 32.9. The quantitative estimate of drug-likeness (QED) is 0.168. The highest BCUT2D eigenvalue weighted by atomic mass is 16.5. The number of hydrogen-bond donors (Lipinski definition) is 0. The molecular formula is C118H154N10O4. The van der Waals surface area contributed by atoms with Crippen LogP contribution in [0.25, 0.3) is 17.0 Å². The molecule has 14 nitrogen and oxygen atoms in total. The fourth-order valence-electron chi connectivity index (χ4n) is 24.9. The summed E-state index contributed by atoms with van der Waals surface area (Å²) >= 11 is 0. The van der Waals surface area contributed by atoms with Crippen LogP contribution in [0.4, 0.5) is 5.69 Å². The van der Waals surface area contributed by atoms with Crippen LogP contribution in [0.2, 0.25) is 0 Å². The van der Waals surface area contributed by atoms with E-state index in [1.54, 1.807) is 27.8 Å². The van der Waals surface area contributed by atoms with Gasteiger partial charge in [-0.2, -0.15) is 0 Å². The van der Waals surface area contributed by atoms with Gasteiger partial charge < -0.3 is 53.1 Å². The summed E-state index contributed by atoms with van der Waals surface area (Å²) in [5.41, 5.74) is 19.7. The van der Waals surface area contributed by atoms with Gasteiger partial charge in [0, 0.05) is 91.7 Å². The van der Waals surface area contributed by atoms with Crippen molar-refractivity contribution in [2.75, 3.05) is 186 Å². The highest BCUT2D eigenvalue weighted by Gasteiger charge is 2.50. The molecule has 0 saturated carbocycles. The summed E-state index contributed by atoms with van der Waals surface area (Å²) in [6.07, 6.45) is 30.1. The van der Waals surface area contributed by atoms with Gasteiger partial charge in [0.15, 0.2) is 5.78 Å². The molecule has 0 radical (unpaired) electrons. The number of carbonyl (C=O) groups excluding carboxylic acids is 1. The average molecular weight is 1780 g/mol. The number of nitrogens with zero attached hydrogens (tertiary/aromatic N) is 10. The SMILES string of the molecule is CN1CCC(c2ccccc2)CC1.CN1CCC2(C=Cc3ccccc32)CC1.CN1CCC2(CC1)C(=O)CCN2c1ccccc1.CN1CCC2(CCc3ccccc32)CC1.CN1CCC2c3ccccc3OCC21.CN1CCCC(Cc2ccccc2)C1.CN1CC[C@@H]2c3ccccc3CC[C@H]2C1.CN1CC[C@@H]2c3ccccc3O[C@@H]2C1.CN1CCc2c(oc3ccccc23)C1. The van der Waals surface area contributed by atoms with E-state index >= 15 is 0 Å². The Morgan fingerprint density at radius 1 is 0.402 bits per heavy atom. The van der Waals surface area contributed by atoms with Crippen LogP contribution >= 0.6 is 0 Å². The largest absolute Gasteiger partial charge is 0.492 e. The highest BCUT2D eigenvalue weighted by molar-refractivity contribution is 5.95. The maximum atomic E-state index is 12.4. The molecule has 700 valence electrons. The molecule has 7 atom stereocenters. The van der Waals surface area contributed by atoms with Crippen molar-refractivity contribution in [3.05, 3.63) is 310 Å². The molecule has 0 N–H and O–H groups in total. The summed E-state index contributed by atoms with van der Waals surface area (Å²) in [6, 6.07) is 85.0. The van der Waals surface area contributed by atoms with Gasteiger partial charge in [0.2, 0.25) is 0 Å². The van der Waals surface area contributed by atoms with E-state index in [0.717, 1.165) is 112 Å². The van der Waals surface area contributed by atoms with Crippen molar-refractivity contribution in [2.45, 2.75) is 187 Å². The second kappa shape index (κ2) is 44.6. The maximum absolute atomic E-state index is 12.4. The minimum Gasteiger partial charge on any atom is -0.492 e. The van der Waals surface area contributed by atoms with Crippen molar-refractivity contribution < 1.29 is 18.7 Å². The van der Waals surface area contributed by atoms with E-state index in [1.807, 2.05) is 18.2 Å². The van der Waals surface area contributed by atoms with Gasteiger partial charge in [-0.15, -0.1) is 0 Å². The van der Waals surface area contributed by atoms with Crippen LogP contribution in [-0.2, 0) is 47.9 Å². The lowest BCUT2D eigenvalue weighted by molar-refractivity contribution is -0.123. The Kier molecular flexibility index (Phi) is 32.0. The summed E-state index contributed by atoms with van der Waals surface area (Å²) < 4.78 is 17.5. The number of carbonyl (C=O) groups is 1. The number of fused-ring (bicyclic) bond motifs is 16. The Balaban J connectivity index is 0.000000104. The third kappa shape index (κ3) is 22.9. The normalized spacial score (nSPS) is 25.0. The molecule has 3 aliphatic carbocycles. The third-order valence-electron chi connectivity index (χ3n) is 32.9. The fourth-order valence-corrected chi connectivity index (χ4v) is 24.9. The molecule has 25 rings (SSSR count). The number of likely N-dealkylation sites (tertiary alicyclic amines) is 8. The summed E-state index contributed by atoms with van der Waals surface area (Å²) in [5, 5.41) is 1.30. The van der Waals surface area contributed by atoms with Crippen molar-refractivity contribution in [1.82, 2.24) is 44.1 Å². The standard InChI is InChI=1S/C15H20N2O.C14H19N.C14H17N.C14H19N.C13H19N.2C12H15NO.C12H13NO.C12H17N/c1-16-11-8-15(9-12-16)14(18)7-10-17(15)13-5-3-2-4-6-13;2*1-15-10-8-14(9-11-15)7-6-12-4-2-3-5-13(12)14;1-15-9-8-14-12(10-15)7-6-11-4-2-3-5-13(11)14;1-14-9-5-8-13(11-14)10-12-6-3-2-4-7-12;1-13-7-6-9-10-4-2-3-5-12(10)14-8-11(9)13;2*1-13-7-6-10-9-4-2-3-5-11(9)14-12(10)8-13;1-13-9-7-12(8-10-13)11-5-3-2-4-6-11/h2-6H,7-12H2,1H3;2-5H,6-11H2,1H3;2-7H,8-11H2,1H3;2-5,12,14H,6-10H2,1H3;2-4,6-7,13H,5,8-11H2,1H3;2-5,9,11H,6-8H2,1H3;2-5,10,12H,6-8H2,1H3;2-5H,6-8H2,1H3;2-6,12H,7-10H2,1H3/t;;;12-,14-;;;10-,12-;;/m...0..1../s1. The van der Waals surface area contributed by atoms with Crippen molar-refractivity contribution in [3.8, 4) is 11.5 Å². The van der Waals surface area contributed by atoms with E-state index in [-0.39, 0.29) is 5.54 Å². The number of anilines is 1. The van der Waals surface area contributed by atoms with Crippen molar-refractivity contribution in [3.63, 3.8) is 0 Å². The predicted octanol–water partition coefficient (Wildman–Crippen LogP) is 21.1. The number of ketones is 1. The molecule has 9 aromatic carbocycles. The maximum Gasteiger partial charge on any atom is 0.160 e. The number of piperidine rings is 7. The Morgan fingerprint density at radius 2 is 0.970 bits per heavy atom. The molecule has 9 fully saturated rings. The molecule has 3 unspecified atom stereocenters. The number of Topliss-reactive ketones (excluding diaryl/α,β-unsaturated/α-hetero) is 1. The second-order valence-corrected chi connectivity index (χ2v) is 41.9. The summed E-state index contributed by atoms with van der Waals surface area (Å²) in [6.45, 7) is 22.0. The van der Waals surface area contributed by atoms with Gasteiger partial charge >= 0.3 is 0 Å². The second-order valence-electron chi connectivity index (χ2n) is 41.9. The molecule has 9 saturated heterocycles. The zero-order chi connectivity index (χ0) is 91.0. The lowest BCUT2D eigenvalue weighted by Crippen LogP contribution is -2.55. The number of para-hydroxylation sites is 4. The monoisotopic (exact) mass is 1780 g/mol. The Hall–Kier alpha value is -9.03. The number of allylic oxidation sites excluding steroid dienone is 1. The topological polar surface area (TPSA) is 81.1 Å². The summed E-state index contributed by atoms with van der Waals surface area (Å²) in [4.78, 5) is 36.4. The Labute approximate surface area is 792 Å². The number of rotatable bonds is 4. The van der Waals surface area contributed by atoms with Crippen LogP contribution in [0, 0.1) is 11.8 Å². The molecule has 1 aromatic heterocycles. The molecule has 15 aliphatic rings. The van der Waals surface area contributed by atoms with Gasteiger partial charge in [-0.1, -0.05) is 218 Å². The first-order chi connectivity index (χ1) is 64.4. The Bertz CT molecular complexity index is 5300. The molecule has 0 amide bonds. The first-order valence-corrected chi connectivity index (χ1v) is 51.0. The van der Waals surface area contributed by atoms with Crippen LogP contribution < -0.4 is 14.4 Å². The number of furan rings is 1. The van der Waals surface area contributed by atoms with E-state index in [2.05, 4.69) is 343 Å². The van der Waals surface area contributed by atoms with E-state index in [1.165, 1.54) is 226 Å². The smallest absolute Gasteiger partial charge is 0.160 e. The number of likely N-dealkylation sites (N-methyl/N-ethyl adjacent to an activating group) is 3. The molecular weight excluding hydrogens is 1620 g/mol. The van der Waals surface area contributed by atoms with Crippen LogP contribution in [0.15, 0.2) is 247 Å². The molecule has 13 heterocycles. The van der Waals surface area contributed by atoms with Crippen molar-refractivity contribution in [2.24, 2.45) is 11.8 Å². The lowest BCUT2D eigenvalue weighted by Gasteiger charge is -2.43. The lowest BCUT2D eigenvalue weighted by atomic mass is 9.72. The molecule has 12 aliphatic heterocycles. The minimum absolute atomic E-state index is 0.214. The van der Waals surface area contributed by atoms with E-state index in [0.29, 0.717) is 47.0 Å². The van der Waals surface area contributed by atoms with E-state index in [9.17, 15) is 4.79 Å². The number of ether oxygens (including phenoxy) is 2. The van der Waals surface area contributed by atoms with Gasteiger partial charge in [-0.3, -0.25) is 14.6 Å². The first-order valence-electron chi connectivity index (χ1n) is 51.0. The van der Waals surface area contributed by atoms with E-state index in [4.69, 9.17) is 13.9 Å². The number of aryl methyl sites for hydroxylation is 2. The molecule has 3 spiro atoms. The zero-order valence-corrected chi connectivity index (χ0v) is 81.5.